The topological polar surface area (TPSA) is 94.0 Å². The van der Waals surface area contributed by atoms with Crippen molar-refractivity contribution in [1.82, 2.24) is 14.9 Å². The van der Waals surface area contributed by atoms with Crippen molar-refractivity contribution in [3.8, 4) is 0 Å². The van der Waals surface area contributed by atoms with E-state index in [1.807, 2.05) is 53.4 Å². The van der Waals surface area contributed by atoms with E-state index >= 15 is 0 Å². The molecule has 36 heavy (non-hydrogen) atoms. The quantitative estimate of drug-likeness (QED) is 0.428. The highest BCUT2D eigenvalue weighted by atomic mass is 32.2. The van der Waals surface area contributed by atoms with E-state index in [0.29, 0.717) is 32.1 Å². The number of ether oxygens (including phenoxy) is 1. The summed E-state index contributed by atoms with van der Waals surface area (Å²) in [6.45, 7) is 15.2. The zero-order valence-electron chi connectivity index (χ0n) is 22.1. The molecule has 196 valence electrons. The molecule has 1 unspecified atom stereocenters. The predicted molar refractivity (Wildman–Crippen MR) is 141 cm³/mol. The molecule has 1 amide bonds. The zero-order chi connectivity index (χ0) is 26.7. The number of nitrogens with zero attached hydrogens (tertiary/aromatic N) is 5. The molecule has 0 spiro atoms. The van der Waals surface area contributed by atoms with Gasteiger partial charge in [0.1, 0.15) is 27.5 Å². The van der Waals surface area contributed by atoms with Gasteiger partial charge in [-0.05, 0) is 66.2 Å². The average Bonchev–Trinajstić information content (AvgIpc) is 2.81. The second kappa shape index (κ2) is 10.7. The molecule has 2 aromatic rings. The number of halogens is 1. The fraction of sp³-hybridized carbons (Fsp3) is 0.538. The number of anilines is 1. The Morgan fingerprint density at radius 2 is 1.56 bits per heavy atom. The van der Waals surface area contributed by atoms with Crippen molar-refractivity contribution < 1.29 is 18.5 Å². The van der Waals surface area contributed by atoms with Crippen LogP contribution in [-0.4, -0.2) is 68.3 Å². The number of benzene rings is 1. The summed E-state index contributed by atoms with van der Waals surface area (Å²) >= 11 is -1.45. The summed E-state index contributed by atoms with van der Waals surface area (Å²) in [7, 11) is 0. The normalized spacial score (nSPS) is 17.7. The molecule has 1 aromatic carbocycles. The van der Waals surface area contributed by atoms with Crippen LogP contribution in [0.4, 0.5) is 15.1 Å². The largest absolute Gasteiger partial charge is 0.591 e. The Bertz CT molecular complexity index is 1060. The van der Waals surface area contributed by atoms with Crippen molar-refractivity contribution in [2.75, 3.05) is 31.1 Å². The number of carbonyl (C=O) groups is 1. The lowest BCUT2D eigenvalue weighted by molar-refractivity contribution is 0.0240. The Labute approximate surface area is 216 Å². The second-order valence-electron chi connectivity index (χ2n) is 11.0. The Balaban J connectivity index is 1.79. The summed E-state index contributed by atoms with van der Waals surface area (Å²) < 4.78 is 35.5. The lowest BCUT2D eigenvalue weighted by Gasteiger charge is -2.35. The van der Waals surface area contributed by atoms with E-state index < -0.39 is 27.1 Å². The van der Waals surface area contributed by atoms with Crippen molar-refractivity contribution in [3.63, 3.8) is 0 Å². The van der Waals surface area contributed by atoms with Gasteiger partial charge in [0, 0.05) is 44.1 Å². The van der Waals surface area contributed by atoms with Crippen LogP contribution in [0.25, 0.3) is 0 Å². The summed E-state index contributed by atoms with van der Waals surface area (Å²) in [5, 5.41) is 0. The summed E-state index contributed by atoms with van der Waals surface area (Å²) in [4.78, 5) is 25.2. The van der Waals surface area contributed by atoms with Crippen LogP contribution in [0.2, 0.25) is 0 Å². The third-order valence-corrected chi connectivity index (χ3v) is 7.17. The van der Waals surface area contributed by atoms with E-state index in [9.17, 15) is 13.7 Å². The Hall–Kier alpha value is -2.72. The summed E-state index contributed by atoms with van der Waals surface area (Å²) in [5.74, 6) is 0.215. The highest BCUT2D eigenvalue weighted by Gasteiger charge is 2.33. The number of rotatable bonds is 5. The summed E-state index contributed by atoms with van der Waals surface area (Å²) in [5.41, 5.74) is 0.163. The number of hydrogen-bond donors (Lipinski definition) is 0. The van der Waals surface area contributed by atoms with Gasteiger partial charge in [-0.25, -0.2) is 19.2 Å². The fourth-order valence-electron chi connectivity index (χ4n) is 3.59. The molecule has 1 fully saturated rings. The number of amides is 1. The lowest BCUT2D eigenvalue weighted by Crippen LogP contribution is -2.50. The molecule has 8 nitrogen and oxygen atoms in total. The maximum Gasteiger partial charge on any atom is 0.410 e. The highest BCUT2D eigenvalue weighted by Crippen LogP contribution is 2.31. The molecular formula is C26H36FN5O3S. The van der Waals surface area contributed by atoms with Crippen LogP contribution in [0.5, 0.6) is 0 Å². The van der Waals surface area contributed by atoms with Gasteiger partial charge in [0.25, 0.3) is 0 Å². The number of hydrogen-bond acceptors (Lipinski definition) is 7. The highest BCUT2D eigenvalue weighted by molar-refractivity contribution is 7.91. The maximum absolute atomic E-state index is 13.6. The number of aromatic nitrogens is 2. The first kappa shape index (κ1) is 27.9. The van der Waals surface area contributed by atoms with Crippen molar-refractivity contribution in [1.29, 1.82) is 0 Å². The van der Waals surface area contributed by atoms with Crippen LogP contribution in [-0.2, 0) is 21.5 Å². The molecule has 3 rings (SSSR count). The Kier molecular flexibility index (Phi) is 8.30. The van der Waals surface area contributed by atoms with Gasteiger partial charge < -0.3 is 19.1 Å². The maximum atomic E-state index is 13.6. The molecule has 0 saturated carbocycles. The monoisotopic (exact) mass is 517 g/mol. The molecule has 1 aromatic heterocycles. The molecule has 0 radical (unpaired) electrons. The minimum Gasteiger partial charge on any atom is -0.591 e. The Morgan fingerprint density at radius 3 is 2.06 bits per heavy atom. The van der Waals surface area contributed by atoms with Crippen LogP contribution < -0.4 is 4.90 Å². The van der Waals surface area contributed by atoms with Crippen LogP contribution in [0.15, 0.2) is 41.1 Å². The van der Waals surface area contributed by atoms with Crippen LogP contribution >= 0.6 is 0 Å². The van der Waals surface area contributed by atoms with Gasteiger partial charge in [-0.2, -0.15) is 0 Å². The van der Waals surface area contributed by atoms with Crippen LogP contribution in [0, 0.1) is 5.82 Å². The fourth-order valence-corrected chi connectivity index (χ4v) is 4.21. The van der Waals surface area contributed by atoms with Gasteiger partial charge in [-0.15, -0.1) is 0 Å². The standard InChI is InChI=1S/C26H36FN5O3S/c1-24(2,3)35-23(33)32-14-12-31(13-15-32)22-28-16-20(17-29-22)26(7,18-30-36(34)25(4,5)6)19-8-10-21(27)11-9-19/h8-11,16-18H,12-15H2,1-7H3/b30-18+/t26?,36-/m0/s1. The molecule has 0 N–H and O–H groups in total. The molecule has 1 aliphatic heterocycles. The molecule has 0 bridgehead atoms. The molecular weight excluding hydrogens is 481 g/mol. The lowest BCUT2D eigenvalue weighted by atomic mass is 9.78. The number of piperazine rings is 1. The molecule has 2 heterocycles. The van der Waals surface area contributed by atoms with E-state index in [2.05, 4.69) is 14.4 Å². The van der Waals surface area contributed by atoms with Gasteiger partial charge in [0.15, 0.2) is 0 Å². The molecule has 1 saturated heterocycles. The first-order valence-corrected chi connectivity index (χ1v) is 13.1. The van der Waals surface area contributed by atoms with E-state index in [0.717, 1.165) is 11.1 Å². The van der Waals surface area contributed by atoms with Gasteiger partial charge in [-0.3, -0.25) is 0 Å². The third kappa shape index (κ3) is 6.94. The minimum atomic E-state index is -1.45. The second-order valence-corrected chi connectivity index (χ2v) is 13.0. The predicted octanol–water partition coefficient (Wildman–Crippen LogP) is 4.51. The minimum absolute atomic E-state index is 0.319. The zero-order valence-corrected chi connectivity index (χ0v) is 22.9. The van der Waals surface area contributed by atoms with Gasteiger partial charge in [-0.1, -0.05) is 16.5 Å². The number of carbonyl (C=O) groups excluding carboxylic acids is 1. The van der Waals surface area contributed by atoms with Crippen LogP contribution in [0.3, 0.4) is 0 Å². The SMILES string of the molecule is CC(C)(C)OC(=O)N1CCN(c2ncc(C(C)(/C=N/[S@@+]([O-])C(C)(C)C)c3ccc(F)cc3)cn2)CC1. The molecule has 10 heteroatoms. The molecule has 1 aliphatic rings. The van der Waals surface area contributed by atoms with Gasteiger partial charge in [0.2, 0.25) is 5.95 Å². The van der Waals surface area contributed by atoms with Crippen molar-refractivity contribution in [2.45, 2.75) is 64.2 Å². The smallest absolute Gasteiger partial charge is 0.410 e. The van der Waals surface area contributed by atoms with Gasteiger partial charge >= 0.3 is 6.09 Å². The summed E-state index contributed by atoms with van der Waals surface area (Å²) in [6.07, 6.45) is 4.76. The van der Waals surface area contributed by atoms with Gasteiger partial charge in [0.05, 0.1) is 11.6 Å². The van der Waals surface area contributed by atoms with E-state index in [4.69, 9.17) is 4.74 Å². The van der Waals surface area contributed by atoms with Crippen LogP contribution in [0.1, 0.15) is 59.6 Å². The third-order valence-electron chi connectivity index (χ3n) is 5.83. The first-order valence-electron chi connectivity index (χ1n) is 12.0. The molecule has 0 aliphatic carbocycles. The van der Waals surface area contributed by atoms with E-state index in [-0.39, 0.29) is 11.9 Å². The van der Waals surface area contributed by atoms with Crippen molar-refractivity contribution in [3.05, 3.63) is 53.6 Å². The summed E-state index contributed by atoms with van der Waals surface area (Å²) in [6, 6.07) is 6.15. The van der Waals surface area contributed by atoms with Crippen molar-refractivity contribution >= 4 is 29.6 Å². The first-order chi connectivity index (χ1) is 16.7. The van der Waals surface area contributed by atoms with E-state index in [1.54, 1.807) is 35.6 Å². The average molecular weight is 518 g/mol. The molecule has 2 atom stereocenters. The Morgan fingerprint density at radius 1 is 1.00 bits per heavy atom. The van der Waals surface area contributed by atoms with Crippen molar-refractivity contribution in [2.24, 2.45) is 4.40 Å². The van der Waals surface area contributed by atoms with E-state index in [1.165, 1.54) is 12.1 Å².